The molecule has 8 nitrogen and oxygen atoms in total. The summed E-state index contributed by atoms with van der Waals surface area (Å²) in [7, 11) is 0. The molecule has 37 heavy (non-hydrogen) atoms. The molecule has 0 saturated carbocycles. The van der Waals surface area contributed by atoms with Gasteiger partial charge >= 0.3 is 5.97 Å². The highest BCUT2D eigenvalue weighted by molar-refractivity contribution is 5.93. The smallest absolute Gasteiger partial charge is 0.343 e. The van der Waals surface area contributed by atoms with E-state index >= 15 is 0 Å². The van der Waals surface area contributed by atoms with E-state index in [1.807, 2.05) is 0 Å². The lowest BCUT2D eigenvalue weighted by Crippen LogP contribution is -2.43. The zero-order valence-corrected chi connectivity index (χ0v) is 19.5. The molecular weight excluding hydrogens is 472 g/mol. The number of ether oxygens (including phenoxy) is 3. The average Bonchev–Trinajstić information content (AvgIpc) is 3.42. The molecule has 4 aromatic rings. The monoisotopic (exact) mass is 494 g/mol. The molecule has 1 amide bonds. The van der Waals surface area contributed by atoms with Gasteiger partial charge in [-0.05, 0) is 47.0 Å². The van der Waals surface area contributed by atoms with Crippen molar-refractivity contribution in [2.24, 2.45) is 5.10 Å². The average molecular weight is 495 g/mol. The number of hydrogen-bond donors (Lipinski definition) is 2. The zero-order chi connectivity index (χ0) is 25.7. The van der Waals surface area contributed by atoms with Crippen LogP contribution in [0, 0.1) is 0 Å². The normalized spacial score (nSPS) is 12.4. The van der Waals surface area contributed by atoms with Crippen molar-refractivity contribution in [3.8, 4) is 17.2 Å². The summed E-state index contributed by atoms with van der Waals surface area (Å²) in [4.78, 5) is 25.7. The fourth-order valence-electron chi connectivity index (χ4n) is 3.88. The van der Waals surface area contributed by atoms with E-state index < -0.39 is 17.5 Å². The van der Waals surface area contributed by atoms with E-state index in [0.717, 1.165) is 0 Å². The Morgan fingerprint density at radius 3 is 2.22 bits per heavy atom. The molecule has 2 N–H and O–H groups in total. The summed E-state index contributed by atoms with van der Waals surface area (Å²) in [5, 5.41) is 15.5. The lowest BCUT2D eigenvalue weighted by Gasteiger charge is -2.27. The minimum Gasteiger partial charge on any atom is -0.454 e. The first-order valence-corrected chi connectivity index (χ1v) is 11.4. The lowest BCUT2D eigenvalue weighted by atomic mass is 9.85. The van der Waals surface area contributed by atoms with Crippen LogP contribution < -0.4 is 19.6 Å². The van der Waals surface area contributed by atoms with Crippen molar-refractivity contribution in [2.75, 3.05) is 6.79 Å². The van der Waals surface area contributed by atoms with E-state index in [-0.39, 0.29) is 6.79 Å². The van der Waals surface area contributed by atoms with Crippen LogP contribution in [-0.2, 0) is 10.4 Å². The molecule has 1 aliphatic heterocycles. The van der Waals surface area contributed by atoms with Crippen molar-refractivity contribution in [2.45, 2.75) is 5.60 Å². The highest BCUT2D eigenvalue weighted by Gasteiger charge is 2.39. The minimum atomic E-state index is -1.94. The zero-order valence-electron chi connectivity index (χ0n) is 19.5. The molecule has 0 spiro atoms. The van der Waals surface area contributed by atoms with Gasteiger partial charge in [0.05, 0.1) is 11.8 Å². The van der Waals surface area contributed by atoms with E-state index in [2.05, 4.69) is 10.5 Å². The molecule has 0 fully saturated rings. The van der Waals surface area contributed by atoms with Gasteiger partial charge in [0.2, 0.25) is 6.79 Å². The van der Waals surface area contributed by atoms with Crippen molar-refractivity contribution in [3.63, 3.8) is 0 Å². The first kappa shape index (κ1) is 23.8. The predicted octanol–water partition coefficient (Wildman–Crippen LogP) is 4.02. The molecule has 5 rings (SSSR count). The Hall–Kier alpha value is -4.95. The van der Waals surface area contributed by atoms with Crippen molar-refractivity contribution in [3.05, 3.63) is 125 Å². The Balaban J connectivity index is 1.29. The number of carbonyl (C=O) groups is 2. The quantitative estimate of drug-likeness (QED) is 0.174. The van der Waals surface area contributed by atoms with Gasteiger partial charge in [0.25, 0.3) is 5.91 Å². The van der Waals surface area contributed by atoms with Gasteiger partial charge in [-0.3, -0.25) is 4.79 Å². The summed E-state index contributed by atoms with van der Waals surface area (Å²) in [5.41, 5.74) is 2.19. The summed E-state index contributed by atoms with van der Waals surface area (Å²) in [5.74, 6) is 0.0753. The van der Waals surface area contributed by atoms with Gasteiger partial charge in [-0.25, -0.2) is 10.2 Å². The van der Waals surface area contributed by atoms with Crippen molar-refractivity contribution in [1.82, 2.24) is 5.43 Å². The van der Waals surface area contributed by atoms with Gasteiger partial charge < -0.3 is 19.3 Å². The highest BCUT2D eigenvalue weighted by Crippen LogP contribution is 2.33. The first-order valence-electron chi connectivity index (χ1n) is 11.4. The van der Waals surface area contributed by atoms with E-state index in [1.165, 1.54) is 6.21 Å². The number of hydrogen-bond acceptors (Lipinski definition) is 7. The van der Waals surface area contributed by atoms with E-state index in [4.69, 9.17) is 14.2 Å². The van der Waals surface area contributed by atoms with Crippen LogP contribution >= 0.6 is 0 Å². The number of esters is 1. The van der Waals surface area contributed by atoms with Crippen LogP contribution in [0.3, 0.4) is 0 Å². The molecular formula is C29H22N2O6. The maximum atomic E-state index is 13.1. The molecule has 0 radical (unpaired) electrons. The van der Waals surface area contributed by atoms with E-state index in [1.54, 1.807) is 103 Å². The summed E-state index contributed by atoms with van der Waals surface area (Å²) in [6.45, 7) is 0.111. The van der Waals surface area contributed by atoms with Crippen LogP contribution in [0.5, 0.6) is 17.2 Å². The summed E-state index contributed by atoms with van der Waals surface area (Å²) < 4.78 is 16.0. The molecule has 8 heteroatoms. The highest BCUT2D eigenvalue weighted by atomic mass is 16.7. The standard InChI is InChI=1S/C29H22N2O6/c32-27(21-14-15-25-26(17-21)36-19-35-25)37-24-13-7-8-20(16-24)18-30-31-28(33)29(34,22-9-3-1-4-10-22)23-11-5-2-6-12-23/h1-18,34H,19H2,(H,31,33)/b30-18+. The second-order valence-corrected chi connectivity index (χ2v) is 8.17. The Labute approximate surface area is 212 Å². The van der Waals surface area contributed by atoms with Crippen LogP contribution in [-0.4, -0.2) is 30.0 Å². The molecule has 0 aromatic heterocycles. The molecule has 0 bridgehead atoms. The van der Waals surface area contributed by atoms with Gasteiger partial charge in [-0.15, -0.1) is 0 Å². The first-order chi connectivity index (χ1) is 18.0. The lowest BCUT2D eigenvalue weighted by molar-refractivity contribution is -0.136. The number of fused-ring (bicyclic) bond motifs is 1. The fraction of sp³-hybridized carbons (Fsp3) is 0.0690. The van der Waals surface area contributed by atoms with Crippen LogP contribution in [0.25, 0.3) is 0 Å². The third-order valence-electron chi connectivity index (χ3n) is 5.77. The van der Waals surface area contributed by atoms with Crippen molar-refractivity contribution >= 4 is 18.1 Å². The van der Waals surface area contributed by atoms with Crippen LogP contribution in [0.4, 0.5) is 0 Å². The Bertz CT molecular complexity index is 1410. The number of carbonyl (C=O) groups excluding carboxylic acids is 2. The van der Waals surface area contributed by atoms with Gasteiger partial charge in [-0.2, -0.15) is 5.10 Å². The summed E-state index contributed by atoms with van der Waals surface area (Å²) in [6, 6.07) is 28.7. The van der Waals surface area contributed by atoms with Gasteiger partial charge in [0.15, 0.2) is 17.1 Å². The van der Waals surface area contributed by atoms with Gasteiger partial charge in [-0.1, -0.05) is 72.8 Å². The van der Waals surface area contributed by atoms with Gasteiger partial charge in [0.1, 0.15) is 5.75 Å². The maximum absolute atomic E-state index is 13.1. The van der Waals surface area contributed by atoms with Crippen LogP contribution in [0.15, 0.2) is 108 Å². The maximum Gasteiger partial charge on any atom is 0.343 e. The van der Waals surface area contributed by atoms with E-state index in [9.17, 15) is 14.7 Å². The molecule has 0 saturated heterocycles. The molecule has 184 valence electrons. The van der Waals surface area contributed by atoms with Gasteiger partial charge in [0, 0.05) is 0 Å². The predicted molar refractivity (Wildman–Crippen MR) is 136 cm³/mol. The Morgan fingerprint density at radius 2 is 1.51 bits per heavy atom. The molecule has 1 aliphatic rings. The largest absolute Gasteiger partial charge is 0.454 e. The number of nitrogens with one attached hydrogen (secondary N) is 1. The number of nitrogens with zero attached hydrogens (tertiary/aromatic N) is 1. The Kier molecular flexibility index (Phi) is 6.65. The second-order valence-electron chi connectivity index (χ2n) is 8.17. The molecule has 0 aliphatic carbocycles. The van der Waals surface area contributed by atoms with E-state index in [0.29, 0.717) is 39.5 Å². The number of hydrazone groups is 1. The topological polar surface area (TPSA) is 106 Å². The molecule has 0 unspecified atom stereocenters. The third kappa shape index (κ3) is 5.05. The molecule has 4 aromatic carbocycles. The molecule has 0 atom stereocenters. The number of aliphatic hydroxyl groups is 1. The minimum absolute atomic E-state index is 0.111. The number of rotatable bonds is 7. The third-order valence-corrected chi connectivity index (χ3v) is 5.77. The van der Waals surface area contributed by atoms with Crippen LogP contribution in [0.2, 0.25) is 0 Å². The van der Waals surface area contributed by atoms with Crippen molar-refractivity contribution < 1.29 is 28.9 Å². The number of benzene rings is 4. The second kappa shape index (κ2) is 10.3. The fourth-order valence-corrected chi connectivity index (χ4v) is 3.88. The van der Waals surface area contributed by atoms with Crippen LogP contribution in [0.1, 0.15) is 27.0 Å². The summed E-state index contributed by atoms with van der Waals surface area (Å²) in [6.07, 6.45) is 1.40. The van der Waals surface area contributed by atoms with Crippen molar-refractivity contribution in [1.29, 1.82) is 0 Å². The SMILES string of the molecule is O=C(Oc1cccc(/C=N/NC(=O)C(O)(c2ccccc2)c2ccccc2)c1)c1ccc2c(c1)OCO2. The number of amides is 1. The summed E-state index contributed by atoms with van der Waals surface area (Å²) >= 11 is 0. The Morgan fingerprint density at radius 1 is 0.838 bits per heavy atom. The molecule has 1 heterocycles.